The van der Waals surface area contributed by atoms with E-state index in [-0.39, 0.29) is 0 Å². The van der Waals surface area contributed by atoms with E-state index in [0.29, 0.717) is 0 Å². The van der Waals surface area contributed by atoms with Crippen molar-refractivity contribution in [2.24, 2.45) is 0 Å². The molecule has 0 spiro atoms. The van der Waals surface area contributed by atoms with E-state index in [1.54, 1.807) is 0 Å². The Labute approximate surface area is 72.7 Å². The van der Waals surface area contributed by atoms with Crippen LogP contribution in [0.4, 0.5) is 0 Å². The quantitative estimate of drug-likeness (QED) is 0.490. The summed E-state index contributed by atoms with van der Waals surface area (Å²) < 4.78 is 0. The van der Waals surface area contributed by atoms with Crippen molar-refractivity contribution in [3.63, 3.8) is 0 Å². The number of hydrogen-bond donors (Lipinski definition) is 0. The second-order valence-electron chi connectivity index (χ2n) is 2.95. The van der Waals surface area contributed by atoms with Crippen molar-refractivity contribution in [3.8, 4) is 0 Å². The molecular weight excluding hydrogens is 148 g/mol. The third-order valence-corrected chi connectivity index (χ3v) is 1.67. The molecule has 1 nitrogen and oxygen atoms in total. The Bertz CT molecular complexity index is 300. The molecule has 0 N–H and O–H groups in total. The smallest absolute Gasteiger partial charge is 0.150 e. The van der Waals surface area contributed by atoms with Crippen molar-refractivity contribution in [1.82, 2.24) is 0 Å². The molecule has 0 aliphatic heterocycles. The molecule has 0 radical (unpaired) electrons. The summed E-state index contributed by atoms with van der Waals surface area (Å²) in [6.45, 7) is 5.77. The van der Waals surface area contributed by atoms with Gasteiger partial charge >= 0.3 is 0 Å². The number of carbonyl (C=O) groups excluding carboxylic acids is 1. The van der Waals surface area contributed by atoms with Crippen molar-refractivity contribution in [2.75, 3.05) is 0 Å². The fourth-order valence-corrected chi connectivity index (χ4v) is 1.14. The van der Waals surface area contributed by atoms with E-state index in [1.165, 1.54) is 0 Å². The first-order chi connectivity index (χ1) is 5.74. The van der Waals surface area contributed by atoms with Crippen LogP contribution < -0.4 is 0 Å². The first kappa shape index (κ1) is 8.72. The van der Waals surface area contributed by atoms with Gasteiger partial charge in [0, 0.05) is 5.56 Å². The van der Waals surface area contributed by atoms with Crippen molar-refractivity contribution in [1.29, 1.82) is 0 Å². The first-order valence-electron chi connectivity index (χ1n) is 3.91. The third kappa shape index (κ3) is 2.06. The lowest BCUT2D eigenvalue weighted by molar-refractivity contribution is 0.112. The normalized spacial score (nSPS) is 9.42. The molecule has 12 heavy (non-hydrogen) atoms. The predicted octanol–water partition coefficient (Wildman–Crippen LogP) is 2.62. The molecule has 1 aromatic rings. The van der Waals surface area contributed by atoms with E-state index in [1.807, 2.05) is 31.2 Å². The molecule has 0 saturated carbocycles. The summed E-state index contributed by atoms with van der Waals surface area (Å²) in [6, 6.07) is 7.58. The molecule has 0 heterocycles. The molecule has 0 fully saturated rings. The largest absolute Gasteiger partial charge is 0.298 e. The highest BCUT2D eigenvalue weighted by molar-refractivity contribution is 5.77. The average Bonchev–Trinajstić information content (AvgIpc) is 2.04. The minimum absolute atomic E-state index is 0.764. The topological polar surface area (TPSA) is 17.1 Å². The Morgan fingerprint density at radius 3 is 2.75 bits per heavy atom. The number of benzene rings is 1. The van der Waals surface area contributed by atoms with E-state index in [4.69, 9.17) is 0 Å². The van der Waals surface area contributed by atoms with Crippen molar-refractivity contribution in [3.05, 3.63) is 47.5 Å². The monoisotopic (exact) mass is 160 g/mol. The van der Waals surface area contributed by atoms with Crippen LogP contribution in [0.1, 0.15) is 22.8 Å². The van der Waals surface area contributed by atoms with Crippen LogP contribution in [0.5, 0.6) is 0 Å². The highest BCUT2D eigenvalue weighted by Crippen LogP contribution is 2.10. The maximum absolute atomic E-state index is 10.6. The summed E-state index contributed by atoms with van der Waals surface area (Å²) in [5, 5.41) is 0. The maximum atomic E-state index is 10.6. The Hall–Kier alpha value is -1.37. The highest BCUT2D eigenvalue weighted by atomic mass is 16.1. The summed E-state index contributed by atoms with van der Waals surface area (Å²) in [4.78, 5) is 10.6. The van der Waals surface area contributed by atoms with E-state index >= 15 is 0 Å². The van der Waals surface area contributed by atoms with Crippen molar-refractivity contribution >= 4 is 6.29 Å². The van der Waals surface area contributed by atoms with E-state index in [0.717, 1.165) is 29.4 Å². The van der Waals surface area contributed by atoms with Crippen LogP contribution in [0.3, 0.4) is 0 Å². The lowest BCUT2D eigenvalue weighted by atomic mass is 10.0. The number of aldehydes is 1. The minimum atomic E-state index is 0.764. The van der Waals surface area contributed by atoms with Gasteiger partial charge in [-0.3, -0.25) is 4.79 Å². The summed E-state index contributed by atoms with van der Waals surface area (Å²) >= 11 is 0. The van der Waals surface area contributed by atoms with Crippen LogP contribution in [0.15, 0.2) is 36.4 Å². The van der Waals surface area contributed by atoms with E-state index in [2.05, 4.69) is 6.58 Å². The van der Waals surface area contributed by atoms with Gasteiger partial charge < -0.3 is 0 Å². The molecule has 0 atom stereocenters. The van der Waals surface area contributed by atoms with Crippen LogP contribution in [0.2, 0.25) is 0 Å². The van der Waals surface area contributed by atoms with Crippen LogP contribution >= 0.6 is 0 Å². The maximum Gasteiger partial charge on any atom is 0.150 e. The zero-order chi connectivity index (χ0) is 8.97. The zero-order valence-electron chi connectivity index (χ0n) is 7.21. The Balaban J connectivity index is 2.96. The highest BCUT2D eigenvalue weighted by Gasteiger charge is 1.98. The van der Waals surface area contributed by atoms with E-state index < -0.39 is 0 Å². The van der Waals surface area contributed by atoms with Gasteiger partial charge in [-0.1, -0.05) is 36.4 Å². The molecule has 0 aromatic heterocycles. The van der Waals surface area contributed by atoms with Gasteiger partial charge in [0.05, 0.1) is 0 Å². The van der Waals surface area contributed by atoms with Gasteiger partial charge in [-0.2, -0.15) is 0 Å². The van der Waals surface area contributed by atoms with E-state index in [9.17, 15) is 4.79 Å². The lowest BCUT2D eigenvalue weighted by Gasteiger charge is -2.02. The number of allylic oxidation sites excluding steroid dienone is 1. The molecule has 1 heteroatoms. The van der Waals surface area contributed by atoms with Gasteiger partial charge in [0.25, 0.3) is 0 Å². The molecule has 0 aliphatic rings. The minimum Gasteiger partial charge on any atom is -0.298 e. The first-order valence-corrected chi connectivity index (χ1v) is 3.91. The number of rotatable bonds is 3. The molecule has 0 aliphatic carbocycles. The summed E-state index contributed by atoms with van der Waals surface area (Å²) in [6.07, 6.45) is 1.67. The fourth-order valence-electron chi connectivity index (χ4n) is 1.14. The Morgan fingerprint density at radius 1 is 1.50 bits per heavy atom. The van der Waals surface area contributed by atoms with Crippen LogP contribution in [0.25, 0.3) is 0 Å². The van der Waals surface area contributed by atoms with Gasteiger partial charge in [-0.25, -0.2) is 0 Å². The summed E-state index contributed by atoms with van der Waals surface area (Å²) in [7, 11) is 0. The fraction of sp³-hybridized carbons (Fsp3) is 0.182. The molecule has 1 aromatic carbocycles. The molecular formula is C11H12O. The van der Waals surface area contributed by atoms with Crippen LogP contribution in [-0.4, -0.2) is 6.29 Å². The van der Waals surface area contributed by atoms with Crippen LogP contribution in [0, 0.1) is 0 Å². The van der Waals surface area contributed by atoms with Crippen molar-refractivity contribution in [2.45, 2.75) is 13.3 Å². The Morgan fingerprint density at radius 2 is 2.17 bits per heavy atom. The molecule has 0 saturated heterocycles. The number of carbonyl (C=O) groups is 1. The van der Waals surface area contributed by atoms with Crippen molar-refractivity contribution < 1.29 is 4.79 Å². The summed E-state index contributed by atoms with van der Waals surface area (Å²) in [5.41, 5.74) is 2.89. The second-order valence-corrected chi connectivity index (χ2v) is 2.95. The predicted molar refractivity (Wildman–Crippen MR) is 50.3 cm³/mol. The van der Waals surface area contributed by atoms with Gasteiger partial charge in [0.2, 0.25) is 0 Å². The molecule has 0 bridgehead atoms. The van der Waals surface area contributed by atoms with Gasteiger partial charge in [-0.15, -0.1) is 0 Å². The van der Waals surface area contributed by atoms with Gasteiger partial charge in [0.15, 0.2) is 0 Å². The van der Waals surface area contributed by atoms with Crippen LogP contribution in [-0.2, 0) is 6.42 Å². The molecule has 1 rings (SSSR count). The zero-order valence-corrected chi connectivity index (χ0v) is 7.21. The SMILES string of the molecule is C=C(C)Cc1ccccc1C=O. The Kier molecular flexibility index (Phi) is 2.81. The average molecular weight is 160 g/mol. The van der Waals surface area contributed by atoms with Gasteiger partial charge in [-0.05, 0) is 18.9 Å². The lowest BCUT2D eigenvalue weighted by Crippen LogP contribution is -1.92. The number of hydrogen-bond acceptors (Lipinski definition) is 1. The second kappa shape index (κ2) is 3.86. The molecule has 0 amide bonds. The third-order valence-electron chi connectivity index (χ3n) is 1.67. The summed E-state index contributed by atoms with van der Waals surface area (Å²) in [5.74, 6) is 0. The van der Waals surface area contributed by atoms with Gasteiger partial charge in [0.1, 0.15) is 6.29 Å². The molecule has 0 unspecified atom stereocenters. The standard InChI is InChI=1S/C11H12O/c1-9(2)7-10-5-3-4-6-11(10)8-12/h3-6,8H,1,7H2,2H3. The molecule has 62 valence electrons.